The molecule has 0 spiro atoms. The average molecular weight is 263 g/mol. The molecule has 1 aromatic carbocycles. The molecule has 1 N–H and O–H groups in total. The minimum absolute atomic E-state index is 0.122. The second-order valence-electron chi connectivity index (χ2n) is 5.21. The molecule has 1 fully saturated rings. The van der Waals surface area contributed by atoms with E-state index in [0.29, 0.717) is 25.3 Å². The van der Waals surface area contributed by atoms with Crippen LogP contribution in [0.15, 0.2) is 24.3 Å². The molecule has 1 heterocycles. The molecule has 1 saturated heterocycles. The van der Waals surface area contributed by atoms with Crippen LogP contribution in [0.4, 0.5) is 0 Å². The van der Waals surface area contributed by atoms with Gasteiger partial charge in [-0.2, -0.15) is 0 Å². The van der Waals surface area contributed by atoms with Crippen LogP contribution in [0, 0.1) is 0 Å². The van der Waals surface area contributed by atoms with E-state index in [1.807, 2.05) is 13.8 Å². The van der Waals surface area contributed by atoms with E-state index in [0.717, 1.165) is 0 Å². The van der Waals surface area contributed by atoms with Gasteiger partial charge in [-0.3, -0.25) is 4.79 Å². The lowest BCUT2D eigenvalue weighted by atomic mass is 10.0. The molecular formula is C14H17NO4. The molecule has 1 aliphatic rings. The van der Waals surface area contributed by atoms with Gasteiger partial charge in [0.1, 0.15) is 0 Å². The van der Waals surface area contributed by atoms with Crippen molar-refractivity contribution in [1.82, 2.24) is 4.90 Å². The first-order valence-electron chi connectivity index (χ1n) is 6.15. The summed E-state index contributed by atoms with van der Waals surface area (Å²) >= 11 is 0. The molecule has 1 amide bonds. The highest BCUT2D eigenvalue weighted by molar-refractivity contribution is 5.97. The molecule has 19 heavy (non-hydrogen) atoms. The van der Waals surface area contributed by atoms with Crippen molar-refractivity contribution in [3.63, 3.8) is 0 Å². The molecule has 5 heteroatoms. The van der Waals surface area contributed by atoms with Crippen LogP contribution in [0.2, 0.25) is 0 Å². The van der Waals surface area contributed by atoms with Gasteiger partial charge in [-0.15, -0.1) is 0 Å². The zero-order chi connectivity index (χ0) is 14.0. The van der Waals surface area contributed by atoms with E-state index in [2.05, 4.69) is 0 Å². The van der Waals surface area contributed by atoms with Gasteiger partial charge in [0.05, 0.1) is 24.3 Å². The fraction of sp³-hybridized carbons (Fsp3) is 0.429. The van der Waals surface area contributed by atoms with Gasteiger partial charge in [0.25, 0.3) is 5.91 Å². The molecule has 5 nitrogen and oxygen atoms in total. The van der Waals surface area contributed by atoms with Gasteiger partial charge in [0, 0.05) is 12.1 Å². The Bertz CT molecular complexity index is 510. The summed E-state index contributed by atoms with van der Waals surface area (Å²) < 4.78 is 5.37. The summed E-state index contributed by atoms with van der Waals surface area (Å²) in [6.07, 6.45) is 0. The van der Waals surface area contributed by atoms with E-state index in [1.165, 1.54) is 12.1 Å². The quantitative estimate of drug-likeness (QED) is 0.880. The molecule has 0 radical (unpaired) electrons. The summed E-state index contributed by atoms with van der Waals surface area (Å²) in [5, 5.41) is 8.96. The SMILES string of the molecule is CC1(C)COCCN1C(=O)c1cccc(C(=O)O)c1. The standard InChI is InChI=1S/C14H17NO4/c1-14(2)9-19-7-6-15(14)12(16)10-4-3-5-11(8-10)13(17)18/h3-5,8H,6-7,9H2,1-2H3,(H,17,18). The number of nitrogens with zero attached hydrogens (tertiary/aromatic N) is 1. The van der Waals surface area contributed by atoms with Crippen LogP contribution in [0.1, 0.15) is 34.6 Å². The van der Waals surface area contributed by atoms with Crippen LogP contribution in [-0.4, -0.2) is 47.2 Å². The maximum absolute atomic E-state index is 12.5. The fourth-order valence-corrected chi connectivity index (χ4v) is 2.18. The number of aromatic carboxylic acids is 1. The predicted octanol–water partition coefficient (Wildman–Crippen LogP) is 1.64. The first kappa shape index (κ1) is 13.5. The lowest BCUT2D eigenvalue weighted by Gasteiger charge is -2.42. The van der Waals surface area contributed by atoms with E-state index in [4.69, 9.17) is 9.84 Å². The Morgan fingerprint density at radius 2 is 2.00 bits per heavy atom. The smallest absolute Gasteiger partial charge is 0.335 e. The Kier molecular flexibility index (Phi) is 3.57. The average Bonchev–Trinajstić information content (AvgIpc) is 2.37. The summed E-state index contributed by atoms with van der Waals surface area (Å²) in [6.45, 7) is 5.38. The van der Waals surface area contributed by atoms with Crippen LogP contribution >= 0.6 is 0 Å². The zero-order valence-corrected chi connectivity index (χ0v) is 11.0. The van der Waals surface area contributed by atoms with Gasteiger partial charge >= 0.3 is 5.97 Å². The highest BCUT2D eigenvalue weighted by Gasteiger charge is 2.34. The third-order valence-corrected chi connectivity index (χ3v) is 3.25. The van der Waals surface area contributed by atoms with E-state index in [-0.39, 0.29) is 17.0 Å². The maximum atomic E-state index is 12.5. The van der Waals surface area contributed by atoms with E-state index < -0.39 is 5.97 Å². The summed E-state index contributed by atoms with van der Waals surface area (Å²) in [7, 11) is 0. The highest BCUT2D eigenvalue weighted by atomic mass is 16.5. The Hall–Kier alpha value is -1.88. The minimum Gasteiger partial charge on any atom is -0.478 e. The Morgan fingerprint density at radius 1 is 1.32 bits per heavy atom. The maximum Gasteiger partial charge on any atom is 0.335 e. The molecule has 1 aliphatic heterocycles. The molecule has 2 rings (SSSR count). The number of morpholine rings is 1. The predicted molar refractivity (Wildman–Crippen MR) is 69.3 cm³/mol. The van der Waals surface area contributed by atoms with Gasteiger partial charge in [-0.25, -0.2) is 4.79 Å². The normalized spacial score (nSPS) is 18.1. The molecule has 1 aromatic rings. The number of hydrogen-bond acceptors (Lipinski definition) is 3. The number of ether oxygens (including phenoxy) is 1. The first-order valence-corrected chi connectivity index (χ1v) is 6.15. The van der Waals surface area contributed by atoms with Gasteiger partial charge in [-0.05, 0) is 32.0 Å². The van der Waals surface area contributed by atoms with Gasteiger partial charge in [0.15, 0.2) is 0 Å². The summed E-state index contributed by atoms with van der Waals surface area (Å²) in [6, 6.07) is 6.12. The van der Waals surface area contributed by atoms with Crippen molar-refractivity contribution in [3.8, 4) is 0 Å². The van der Waals surface area contributed by atoms with Crippen molar-refractivity contribution in [1.29, 1.82) is 0 Å². The molecule has 102 valence electrons. The van der Waals surface area contributed by atoms with Crippen LogP contribution in [-0.2, 0) is 4.74 Å². The van der Waals surface area contributed by atoms with Crippen LogP contribution in [0.25, 0.3) is 0 Å². The lowest BCUT2D eigenvalue weighted by molar-refractivity contribution is -0.0370. The van der Waals surface area contributed by atoms with Crippen molar-refractivity contribution >= 4 is 11.9 Å². The molecule has 0 saturated carbocycles. The van der Waals surface area contributed by atoms with Gasteiger partial charge in [0.2, 0.25) is 0 Å². The second kappa shape index (κ2) is 5.01. The monoisotopic (exact) mass is 263 g/mol. The Morgan fingerprint density at radius 3 is 2.63 bits per heavy atom. The molecule has 0 atom stereocenters. The molecule has 0 bridgehead atoms. The van der Waals surface area contributed by atoms with Crippen molar-refractivity contribution < 1.29 is 19.4 Å². The largest absolute Gasteiger partial charge is 0.478 e. The number of benzene rings is 1. The molecule has 0 aliphatic carbocycles. The lowest BCUT2D eigenvalue weighted by Crippen LogP contribution is -2.55. The number of carboxylic acid groups (broad SMARTS) is 1. The van der Waals surface area contributed by atoms with Crippen molar-refractivity contribution in [3.05, 3.63) is 35.4 Å². The van der Waals surface area contributed by atoms with Crippen molar-refractivity contribution in [2.45, 2.75) is 19.4 Å². The molecular weight excluding hydrogens is 246 g/mol. The molecule has 0 unspecified atom stereocenters. The van der Waals surface area contributed by atoms with E-state index >= 15 is 0 Å². The summed E-state index contributed by atoms with van der Waals surface area (Å²) in [4.78, 5) is 25.1. The number of carbonyl (C=O) groups excluding carboxylic acids is 1. The molecule has 0 aromatic heterocycles. The van der Waals surface area contributed by atoms with Gasteiger partial charge < -0.3 is 14.7 Å². The van der Waals surface area contributed by atoms with E-state index in [9.17, 15) is 9.59 Å². The number of hydrogen-bond donors (Lipinski definition) is 1. The summed E-state index contributed by atoms with van der Waals surface area (Å²) in [5.41, 5.74) is 0.140. The van der Waals surface area contributed by atoms with Crippen LogP contribution < -0.4 is 0 Å². The topological polar surface area (TPSA) is 66.8 Å². The van der Waals surface area contributed by atoms with E-state index in [1.54, 1.807) is 17.0 Å². The number of rotatable bonds is 2. The number of carboxylic acids is 1. The minimum atomic E-state index is -1.03. The summed E-state index contributed by atoms with van der Waals surface area (Å²) in [5.74, 6) is -1.19. The number of amides is 1. The van der Waals surface area contributed by atoms with Crippen molar-refractivity contribution in [2.24, 2.45) is 0 Å². The number of carbonyl (C=O) groups is 2. The third-order valence-electron chi connectivity index (χ3n) is 3.25. The third kappa shape index (κ3) is 2.76. The highest BCUT2D eigenvalue weighted by Crippen LogP contribution is 2.22. The van der Waals surface area contributed by atoms with Crippen LogP contribution in [0.5, 0.6) is 0 Å². The second-order valence-corrected chi connectivity index (χ2v) is 5.21. The van der Waals surface area contributed by atoms with Crippen molar-refractivity contribution in [2.75, 3.05) is 19.8 Å². The van der Waals surface area contributed by atoms with Crippen LogP contribution in [0.3, 0.4) is 0 Å². The fourth-order valence-electron chi connectivity index (χ4n) is 2.18. The first-order chi connectivity index (χ1) is 8.92. The Balaban J connectivity index is 2.28. The zero-order valence-electron chi connectivity index (χ0n) is 11.0. The van der Waals surface area contributed by atoms with Gasteiger partial charge in [-0.1, -0.05) is 6.07 Å². The Labute approximate surface area is 111 Å².